The van der Waals surface area contributed by atoms with Gasteiger partial charge in [-0.25, -0.2) is 0 Å². The molecule has 1 aromatic carbocycles. The van der Waals surface area contributed by atoms with Gasteiger partial charge in [-0.1, -0.05) is 30.4 Å². The van der Waals surface area contributed by atoms with Crippen LogP contribution in [0.15, 0.2) is 54.0 Å². The molecule has 0 bridgehead atoms. The molecule has 0 radical (unpaired) electrons. The third-order valence-electron chi connectivity index (χ3n) is 3.02. The fraction of sp³-hybridized carbons (Fsp3) is 0.188. The van der Waals surface area contributed by atoms with Gasteiger partial charge in [0.25, 0.3) is 5.91 Å². The van der Waals surface area contributed by atoms with Crippen LogP contribution in [0.25, 0.3) is 11.0 Å². The summed E-state index contributed by atoms with van der Waals surface area (Å²) < 4.78 is 5.67. The number of benzene rings is 1. The molecule has 0 saturated carbocycles. The van der Waals surface area contributed by atoms with E-state index in [1.807, 2.05) is 31.2 Å². The average Bonchev–Trinajstić information content (AvgIpc) is 2.76. The van der Waals surface area contributed by atoms with Crippen molar-refractivity contribution >= 4 is 16.9 Å². The zero-order valence-corrected chi connectivity index (χ0v) is 11.1. The van der Waals surface area contributed by atoms with Gasteiger partial charge in [0.05, 0.1) is 0 Å². The van der Waals surface area contributed by atoms with E-state index in [-0.39, 0.29) is 5.91 Å². The van der Waals surface area contributed by atoms with Crippen molar-refractivity contribution in [3.63, 3.8) is 0 Å². The average molecular weight is 255 g/mol. The third-order valence-corrected chi connectivity index (χ3v) is 3.02. The molecule has 0 fully saturated rings. The summed E-state index contributed by atoms with van der Waals surface area (Å²) in [4.78, 5) is 14.1. The summed E-state index contributed by atoms with van der Waals surface area (Å²) in [6.45, 7) is 10.2. The van der Waals surface area contributed by atoms with Gasteiger partial charge in [-0.05, 0) is 13.0 Å². The monoisotopic (exact) mass is 255 g/mol. The molecule has 2 aromatic rings. The van der Waals surface area contributed by atoms with Crippen molar-refractivity contribution in [1.29, 1.82) is 0 Å². The van der Waals surface area contributed by atoms with Crippen LogP contribution in [0.3, 0.4) is 0 Å². The Bertz CT molecular complexity index is 615. The molecule has 0 saturated heterocycles. The summed E-state index contributed by atoms with van der Waals surface area (Å²) in [6, 6.07) is 7.65. The van der Waals surface area contributed by atoms with Gasteiger partial charge in [-0.3, -0.25) is 4.79 Å². The van der Waals surface area contributed by atoms with Crippen LogP contribution in [0.1, 0.15) is 16.1 Å². The third kappa shape index (κ3) is 2.45. The van der Waals surface area contributed by atoms with E-state index >= 15 is 0 Å². The molecule has 0 atom stereocenters. The summed E-state index contributed by atoms with van der Waals surface area (Å²) >= 11 is 0. The lowest BCUT2D eigenvalue weighted by Gasteiger charge is -2.18. The lowest BCUT2D eigenvalue weighted by molar-refractivity contribution is 0.0760. The summed E-state index contributed by atoms with van der Waals surface area (Å²) in [5, 5.41) is 0.975. The highest BCUT2D eigenvalue weighted by atomic mass is 16.3. The molecule has 1 heterocycles. The maximum atomic E-state index is 12.5. The van der Waals surface area contributed by atoms with Crippen LogP contribution in [0.4, 0.5) is 0 Å². The topological polar surface area (TPSA) is 33.5 Å². The number of para-hydroxylation sites is 1. The Morgan fingerprint density at radius 3 is 2.47 bits per heavy atom. The number of carbonyl (C=O) groups excluding carboxylic acids is 1. The Morgan fingerprint density at radius 1 is 1.26 bits per heavy atom. The molecule has 0 aliphatic carbocycles. The number of furan rings is 1. The minimum Gasteiger partial charge on any atom is -0.451 e. The highest BCUT2D eigenvalue weighted by Gasteiger charge is 2.21. The molecule has 1 aromatic heterocycles. The molecule has 19 heavy (non-hydrogen) atoms. The molecule has 3 nitrogen and oxygen atoms in total. The van der Waals surface area contributed by atoms with E-state index < -0.39 is 0 Å². The van der Waals surface area contributed by atoms with E-state index in [1.165, 1.54) is 0 Å². The van der Waals surface area contributed by atoms with Crippen LogP contribution in [-0.4, -0.2) is 23.9 Å². The Morgan fingerprint density at radius 2 is 1.89 bits per heavy atom. The van der Waals surface area contributed by atoms with Gasteiger partial charge in [0.15, 0.2) is 5.76 Å². The molecule has 0 aliphatic rings. The van der Waals surface area contributed by atoms with E-state index in [9.17, 15) is 4.79 Å². The summed E-state index contributed by atoms with van der Waals surface area (Å²) in [5.41, 5.74) is 1.61. The molecular weight excluding hydrogens is 238 g/mol. The van der Waals surface area contributed by atoms with Crippen molar-refractivity contribution in [2.45, 2.75) is 6.92 Å². The van der Waals surface area contributed by atoms with Crippen LogP contribution in [0, 0.1) is 6.92 Å². The summed E-state index contributed by atoms with van der Waals surface area (Å²) in [6.07, 6.45) is 3.39. The maximum Gasteiger partial charge on any atom is 0.290 e. The van der Waals surface area contributed by atoms with Crippen LogP contribution in [-0.2, 0) is 0 Å². The van der Waals surface area contributed by atoms with Gasteiger partial charge in [0, 0.05) is 24.0 Å². The highest BCUT2D eigenvalue weighted by molar-refractivity contribution is 5.99. The molecule has 0 N–H and O–H groups in total. The van der Waals surface area contributed by atoms with E-state index in [0.717, 1.165) is 16.5 Å². The molecule has 0 unspecified atom stereocenters. The van der Waals surface area contributed by atoms with Gasteiger partial charge in [-0.2, -0.15) is 0 Å². The molecular formula is C16H17NO2. The number of carbonyl (C=O) groups is 1. The first-order valence-electron chi connectivity index (χ1n) is 6.18. The Balaban J connectivity index is 2.42. The van der Waals surface area contributed by atoms with Crippen molar-refractivity contribution in [3.8, 4) is 0 Å². The SMILES string of the molecule is C=CCN(CC=C)C(=O)c1oc2ccccc2c1C. The van der Waals surface area contributed by atoms with E-state index in [0.29, 0.717) is 18.8 Å². The lowest BCUT2D eigenvalue weighted by atomic mass is 10.1. The molecule has 2 rings (SSSR count). The van der Waals surface area contributed by atoms with Gasteiger partial charge < -0.3 is 9.32 Å². The van der Waals surface area contributed by atoms with Crippen molar-refractivity contribution in [1.82, 2.24) is 4.90 Å². The number of hydrogen-bond acceptors (Lipinski definition) is 2. The Kier molecular flexibility index (Phi) is 3.85. The predicted molar refractivity (Wildman–Crippen MR) is 77.2 cm³/mol. The second-order valence-corrected chi connectivity index (χ2v) is 4.34. The van der Waals surface area contributed by atoms with Crippen molar-refractivity contribution < 1.29 is 9.21 Å². The smallest absolute Gasteiger partial charge is 0.290 e. The van der Waals surface area contributed by atoms with Gasteiger partial charge in [-0.15, -0.1) is 13.2 Å². The first-order chi connectivity index (χ1) is 9.19. The van der Waals surface area contributed by atoms with E-state index in [2.05, 4.69) is 13.2 Å². The standard InChI is InChI=1S/C16H17NO2/c1-4-10-17(11-5-2)16(18)15-12(3)13-8-6-7-9-14(13)19-15/h4-9H,1-2,10-11H2,3H3. The van der Waals surface area contributed by atoms with E-state index in [4.69, 9.17) is 4.42 Å². The largest absolute Gasteiger partial charge is 0.451 e. The van der Waals surface area contributed by atoms with Gasteiger partial charge in [0.2, 0.25) is 0 Å². The van der Waals surface area contributed by atoms with Crippen LogP contribution < -0.4 is 0 Å². The lowest BCUT2D eigenvalue weighted by Crippen LogP contribution is -2.31. The van der Waals surface area contributed by atoms with Crippen LogP contribution >= 0.6 is 0 Å². The van der Waals surface area contributed by atoms with Crippen molar-refractivity contribution in [2.24, 2.45) is 0 Å². The minimum atomic E-state index is -0.131. The normalized spacial score (nSPS) is 10.4. The Labute approximate surface area is 112 Å². The maximum absolute atomic E-state index is 12.5. The van der Waals surface area contributed by atoms with Gasteiger partial charge in [0.1, 0.15) is 5.58 Å². The second-order valence-electron chi connectivity index (χ2n) is 4.34. The molecule has 0 aliphatic heterocycles. The van der Waals surface area contributed by atoms with Gasteiger partial charge >= 0.3 is 0 Å². The molecule has 1 amide bonds. The number of fused-ring (bicyclic) bond motifs is 1. The minimum absolute atomic E-state index is 0.131. The zero-order valence-electron chi connectivity index (χ0n) is 11.1. The predicted octanol–water partition coefficient (Wildman–Crippen LogP) is 3.56. The Hall–Kier alpha value is -2.29. The number of hydrogen-bond donors (Lipinski definition) is 0. The highest BCUT2D eigenvalue weighted by Crippen LogP contribution is 2.25. The first kappa shape index (κ1) is 13.1. The number of nitrogens with zero attached hydrogens (tertiary/aromatic N) is 1. The van der Waals surface area contributed by atoms with E-state index in [1.54, 1.807) is 17.1 Å². The number of rotatable bonds is 5. The fourth-order valence-corrected chi connectivity index (χ4v) is 2.07. The number of amides is 1. The van der Waals surface area contributed by atoms with Crippen LogP contribution in [0.2, 0.25) is 0 Å². The molecule has 3 heteroatoms. The molecule has 0 spiro atoms. The summed E-state index contributed by atoms with van der Waals surface area (Å²) in [7, 11) is 0. The second kappa shape index (κ2) is 5.57. The zero-order chi connectivity index (χ0) is 13.8. The molecule has 98 valence electrons. The quantitative estimate of drug-likeness (QED) is 0.765. The first-order valence-corrected chi connectivity index (χ1v) is 6.18. The fourth-order valence-electron chi connectivity index (χ4n) is 2.07. The summed E-state index contributed by atoms with van der Waals surface area (Å²) in [5.74, 6) is 0.262. The van der Waals surface area contributed by atoms with Crippen molar-refractivity contribution in [3.05, 3.63) is 60.9 Å². The number of aryl methyl sites for hydroxylation is 1. The van der Waals surface area contributed by atoms with Crippen molar-refractivity contribution in [2.75, 3.05) is 13.1 Å². The van der Waals surface area contributed by atoms with Crippen LogP contribution in [0.5, 0.6) is 0 Å².